The van der Waals surface area contributed by atoms with Gasteiger partial charge in [-0.3, -0.25) is 14.8 Å². The van der Waals surface area contributed by atoms with Gasteiger partial charge in [-0.2, -0.15) is 0 Å². The summed E-state index contributed by atoms with van der Waals surface area (Å²) >= 11 is 0. The normalized spacial score (nSPS) is 13.9. The minimum Gasteiger partial charge on any atom is -0.369 e. The Morgan fingerprint density at radius 2 is 1.75 bits per heavy atom. The van der Waals surface area contributed by atoms with Crippen LogP contribution in [0.15, 0.2) is 73.3 Å². The Balaban J connectivity index is 1.27. The van der Waals surface area contributed by atoms with Crippen molar-refractivity contribution in [3.8, 4) is 11.3 Å². The molecule has 0 saturated carbocycles. The molecule has 1 amide bonds. The van der Waals surface area contributed by atoms with Gasteiger partial charge < -0.3 is 20.4 Å². The van der Waals surface area contributed by atoms with E-state index in [-0.39, 0.29) is 5.91 Å². The molecule has 9 heteroatoms. The molecule has 1 saturated heterocycles. The topological polar surface area (TPSA) is 99.2 Å². The van der Waals surface area contributed by atoms with Crippen LogP contribution < -0.4 is 15.5 Å². The van der Waals surface area contributed by atoms with E-state index in [4.69, 9.17) is 0 Å². The van der Waals surface area contributed by atoms with Crippen LogP contribution in [0.1, 0.15) is 16.1 Å². The molecule has 4 aromatic rings. The maximum absolute atomic E-state index is 13.0. The molecule has 5 rings (SSSR count). The van der Waals surface area contributed by atoms with Gasteiger partial charge in [0.05, 0.1) is 22.6 Å². The smallest absolute Gasteiger partial charge is 0.257 e. The van der Waals surface area contributed by atoms with Gasteiger partial charge in [-0.25, -0.2) is 9.97 Å². The second-order valence-electron chi connectivity index (χ2n) is 8.78. The van der Waals surface area contributed by atoms with E-state index in [1.807, 2.05) is 49.4 Å². The number of anilines is 4. The van der Waals surface area contributed by atoms with Gasteiger partial charge in [0.2, 0.25) is 5.95 Å². The zero-order chi connectivity index (χ0) is 24.9. The largest absolute Gasteiger partial charge is 0.369 e. The first-order valence-electron chi connectivity index (χ1n) is 11.9. The van der Waals surface area contributed by atoms with Crippen molar-refractivity contribution in [1.82, 2.24) is 24.8 Å². The number of hydrogen-bond donors (Lipinski definition) is 2. The standard InChI is InChI=1S/C27H28N8O/c1-19-25(33-27-29-11-9-24(32-27)20-4-3-10-28-17-20)16-21(18-30-19)26(36)31-22-5-7-23(8-6-22)35-14-12-34(2)13-15-35/h3-11,16-18H,12-15H2,1-2H3,(H,31,36)(H,29,32,33). The molecule has 0 aliphatic carbocycles. The average Bonchev–Trinajstić information content (AvgIpc) is 2.91. The van der Waals surface area contributed by atoms with Crippen LogP contribution in [0.5, 0.6) is 0 Å². The van der Waals surface area contributed by atoms with Crippen LogP contribution in [0.25, 0.3) is 11.3 Å². The summed E-state index contributed by atoms with van der Waals surface area (Å²) in [6.45, 7) is 5.97. The van der Waals surface area contributed by atoms with E-state index in [1.54, 1.807) is 30.9 Å². The quantitative estimate of drug-likeness (QED) is 0.427. The fraction of sp³-hybridized carbons (Fsp3) is 0.222. The van der Waals surface area contributed by atoms with Gasteiger partial charge in [0.1, 0.15) is 0 Å². The lowest BCUT2D eigenvalue weighted by molar-refractivity contribution is 0.102. The number of amides is 1. The van der Waals surface area contributed by atoms with Gasteiger partial charge in [0, 0.05) is 67.9 Å². The number of nitrogens with zero attached hydrogens (tertiary/aromatic N) is 6. The van der Waals surface area contributed by atoms with Crippen molar-refractivity contribution >= 4 is 28.9 Å². The van der Waals surface area contributed by atoms with E-state index < -0.39 is 0 Å². The van der Waals surface area contributed by atoms with Crippen molar-refractivity contribution in [3.05, 3.63) is 84.6 Å². The van der Waals surface area contributed by atoms with Crippen LogP contribution in [0.3, 0.4) is 0 Å². The van der Waals surface area contributed by atoms with E-state index in [1.165, 1.54) is 0 Å². The van der Waals surface area contributed by atoms with Gasteiger partial charge in [0.25, 0.3) is 5.91 Å². The number of aryl methyl sites for hydroxylation is 1. The van der Waals surface area contributed by atoms with Crippen LogP contribution in [-0.4, -0.2) is 64.0 Å². The molecule has 0 bridgehead atoms. The van der Waals surface area contributed by atoms with Gasteiger partial charge in [-0.15, -0.1) is 0 Å². The first-order valence-corrected chi connectivity index (χ1v) is 11.9. The van der Waals surface area contributed by atoms with Crippen LogP contribution in [-0.2, 0) is 0 Å². The Morgan fingerprint density at radius 1 is 0.944 bits per heavy atom. The molecule has 1 fully saturated rings. The second-order valence-corrected chi connectivity index (χ2v) is 8.78. The number of likely N-dealkylation sites (N-methyl/N-ethyl adjacent to an activating group) is 1. The number of benzene rings is 1. The molecule has 4 heterocycles. The molecule has 36 heavy (non-hydrogen) atoms. The van der Waals surface area contributed by atoms with Crippen molar-refractivity contribution in [2.24, 2.45) is 0 Å². The minimum absolute atomic E-state index is 0.233. The molecular formula is C27H28N8O. The van der Waals surface area contributed by atoms with E-state index in [0.717, 1.165) is 54.5 Å². The monoisotopic (exact) mass is 480 g/mol. The number of piperazine rings is 1. The Labute approximate surface area is 210 Å². The van der Waals surface area contributed by atoms with E-state index in [0.29, 0.717) is 17.2 Å². The average molecular weight is 481 g/mol. The number of hydrogen-bond acceptors (Lipinski definition) is 8. The van der Waals surface area contributed by atoms with Crippen molar-refractivity contribution in [1.29, 1.82) is 0 Å². The van der Waals surface area contributed by atoms with Gasteiger partial charge in [-0.05, 0) is 62.5 Å². The number of rotatable bonds is 6. The lowest BCUT2D eigenvalue weighted by atomic mass is 10.2. The molecule has 0 radical (unpaired) electrons. The SMILES string of the molecule is Cc1ncc(C(=O)Nc2ccc(N3CCN(C)CC3)cc2)cc1Nc1nccc(-c2cccnc2)n1. The number of pyridine rings is 2. The fourth-order valence-electron chi connectivity index (χ4n) is 4.02. The molecule has 0 unspecified atom stereocenters. The van der Waals surface area contributed by atoms with Crippen LogP contribution >= 0.6 is 0 Å². The lowest BCUT2D eigenvalue weighted by Gasteiger charge is -2.34. The summed E-state index contributed by atoms with van der Waals surface area (Å²) in [5.41, 5.74) is 5.38. The summed E-state index contributed by atoms with van der Waals surface area (Å²) in [6.07, 6.45) is 6.73. The molecule has 1 aliphatic rings. The summed E-state index contributed by atoms with van der Waals surface area (Å²) < 4.78 is 0. The summed E-state index contributed by atoms with van der Waals surface area (Å²) in [5.74, 6) is 0.182. The Morgan fingerprint density at radius 3 is 2.50 bits per heavy atom. The molecular weight excluding hydrogens is 452 g/mol. The second kappa shape index (κ2) is 10.5. The number of aromatic nitrogens is 4. The molecule has 1 aliphatic heterocycles. The predicted octanol–water partition coefficient (Wildman–Crippen LogP) is 3.99. The Kier molecular flexibility index (Phi) is 6.81. The molecule has 0 atom stereocenters. The fourth-order valence-corrected chi connectivity index (χ4v) is 4.02. The molecule has 2 N–H and O–H groups in total. The number of nitrogens with one attached hydrogen (secondary N) is 2. The first-order chi connectivity index (χ1) is 17.5. The van der Waals surface area contributed by atoms with Gasteiger partial charge >= 0.3 is 0 Å². The molecule has 3 aromatic heterocycles. The number of carbonyl (C=O) groups excluding carboxylic acids is 1. The summed E-state index contributed by atoms with van der Waals surface area (Å²) in [4.78, 5) is 35.1. The van der Waals surface area contributed by atoms with Crippen LogP contribution in [0.2, 0.25) is 0 Å². The van der Waals surface area contributed by atoms with Crippen LogP contribution in [0.4, 0.5) is 23.0 Å². The maximum atomic E-state index is 13.0. The molecule has 182 valence electrons. The zero-order valence-electron chi connectivity index (χ0n) is 20.3. The Bertz CT molecular complexity index is 1340. The maximum Gasteiger partial charge on any atom is 0.257 e. The molecule has 1 aromatic carbocycles. The highest BCUT2D eigenvalue weighted by Crippen LogP contribution is 2.23. The first kappa shape index (κ1) is 23.4. The summed E-state index contributed by atoms with van der Waals surface area (Å²) in [7, 11) is 2.14. The summed E-state index contributed by atoms with van der Waals surface area (Å²) in [5, 5.41) is 6.16. The van der Waals surface area contributed by atoms with Crippen molar-refractivity contribution < 1.29 is 4.79 Å². The highest BCUT2D eigenvalue weighted by Gasteiger charge is 2.15. The Hall–Kier alpha value is -4.37. The van der Waals surface area contributed by atoms with Gasteiger partial charge in [-0.1, -0.05) is 0 Å². The van der Waals surface area contributed by atoms with Crippen molar-refractivity contribution in [2.75, 3.05) is 48.8 Å². The minimum atomic E-state index is -0.233. The van der Waals surface area contributed by atoms with Crippen molar-refractivity contribution in [2.45, 2.75) is 6.92 Å². The third-order valence-electron chi connectivity index (χ3n) is 6.20. The third-order valence-corrected chi connectivity index (χ3v) is 6.20. The van der Waals surface area contributed by atoms with E-state index in [9.17, 15) is 4.79 Å². The highest BCUT2D eigenvalue weighted by atomic mass is 16.1. The lowest BCUT2D eigenvalue weighted by Crippen LogP contribution is -2.44. The number of carbonyl (C=O) groups is 1. The van der Waals surface area contributed by atoms with Gasteiger partial charge in [0.15, 0.2) is 0 Å². The summed E-state index contributed by atoms with van der Waals surface area (Å²) in [6, 6.07) is 15.4. The highest BCUT2D eigenvalue weighted by molar-refractivity contribution is 6.04. The predicted molar refractivity (Wildman–Crippen MR) is 142 cm³/mol. The van der Waals surface area contributed by atoms with E-state index >= 15 is 0 Å². The van der Waals surface area contributed by atoms with Crippen molar-refractivity contribution in [3.63, 3.8) is 0 Å². The molecule has 9 nitrogen and oxygen atoms in total. The zero-order valence-corrected chi connectivity index (χ0v) is 20.3. The third kappa shape index (κ3) is 5.47. The van der Waals surface area contributed by atoms with Crippen LogP contribution in [0, 0.1) is 6.92 Å². The van der Waals surface area contributed by atoms with E-state index in [2.05, 4.69) is 47.4 Å². The molecule has 0 spiro atoms.